The molecule has 1 fully saturated rings. The van der Waals surface area contributed by atoms with Crippen molar-refractivity contribution >= 4 is 10.0 Å². The molecule has 1 aromatic heterocycles. The molecule has 0 saturated carbocycles. The van der Waals surface area contributed by atoms with Gasteiger partial charge in [-0.2, -0.15) is 4.31 Å². The molecule has 102 valence electrons. The minimum Gasteiger partial charge on any atom is -0.384 e. The van der Waals surface area contributed by atoms with Gasteiger partial charge in [0.05, 0.1) is 18.4 Å². The topological polar surface area (TPSA) is 51.5 Å². The summed E-state index contributed by atoms with van der Waals surface area (Å²) in [4.78, 5) is 0. The van der Waals surface area contributed by atoms with Crippen LogP contribution in [0, 0.1) is 0 Å². The standard InChI is InChI=1S/C12H20N2O3S/c1-13-7-3-5-11(13)12-6-4-8-14(12)18(15,16)10-9-17-2/h3,5,7,12H,4,6,8-10H2,1-2H3. The third kappa shape index (κ3) is 2.60. The Balaban J connectivity index is 2.20. The van der Waals surface area contributed by atoms with Crippen LogP contribution in [-0.2, 0) is 21.8 Å². The van der Waals surface area contributed by atoms with E-state index in [-0.39, 0.29) is 18.4 Å². The zero-order valence-electron chi connectivity index (χ0n) is 10.9. The fourth-order valence-electron chi connectivity index (χ4n) is 2.50. The zero-order valence-corrected chi connectivity index (χ0v) is 11.7. The van der Waals surface area contributed by atoms with Crippen LogP contribution in [-0.4, -0.2) is 43.3 Å². The van der Waals surface area contributed by atoms with Crippen molar-refractivity contribution in [3.05, 3.63) is 24.0 Å². The van der Waals surface area contributed by atoms with Gasteiger partial charge in [-0.25, -0.2) is 8.42 Å². The first-order valence-corrected chi connectivity index (χ1v) is 7.77. The quantitative estimate of drug-likeness (QED) is 0.807. The highest BCUT2D eigenvalue weighted by atomic mass is 32.2. The van der Waals surface area contributed by atoms with Gasteiger partial charge in [0.2, 0.25) is 10.0 Å². The van der Waals surface area contributed by atoms with Crippen LogP contribution in [0.1, 0.15) is 24.6 Å². The van der Waals surface area contributed by atoms with Crippen molar-refractivity contribution in [2.24, 2.45) is 7.05 Å². The first-order chi connectivity index (χ1) is 8.56. The van der Waals surface area contributed by atoms with E-state index in [0.717, 1.165) is 18.5 Å². The van der Waals surface area contributed by atoms with Gasteiger partial charge in [0.15, 0.2) is 0 Å². The van der Waals surface area contributed by atoms with E-state index in [0.29, 0.717) is 6.54 Å². The molecule has 0 amide bonds. The van der Waals surface area contributed by atoms with Gasteiger partial charge < -0.3 is 9.30 Å². The van der Waals surface area contributed by atoms with Crippen LogP contribution < -0.4 is 0 Å². The number of sulfonamides is 1. The fraction of sp³-hybridized carbons (Fsp3) is 0.667. The summed E-state index contributed by atoms with van der Waals surface area (Å²) < 4.78 is 33.0. The molecule has 0 aliphatic carbocycles. The lowest BCUT2D eigenvalue weighted by atomic mass is 10.1. The van der Waals surface area contributed by atoms with Crippen LogP contribution in [0.2, 0.25) is 0 Å². The number of nitrogens with zero attached hydrogens (tertiary/aromatic N) is 2. The largest absolute Gasteiger partial charge is 0.384 e. The molecule has 2 rings (SSSR count). The van der Waals surface area contributed by atoms with E-state index in [1.807, 2.05) is 29.9 Å². The molecular formula is C12H20N2O3S. The van der Waals surface area contributed by atoms with Crippen LogP contribution >= 0.6 is 0 Å². The molecule has 1 unspecified atom stereocenters. The molecule has 5 nitrogen and oxygen atoms in total. The van der Waals surface area contributed by atoms with Gasteiger partial charge in [0.1, 0.15) is 0 Å². The minimum absolute atomic E-state index is 0.0214. The Labute approximate surface area is 108 Å². The van der Waals surface area contributed by atoms with E-state index < -0.39 is 10.0 Å². The molecule has 1 aliphatic heterocycles. The summed E-state index contributed by atoms with van der Waals surface area (Å²) in [5.41, 5.74) is 1.06. The number of hydrogen-bond donors (Lipinski definition) is 0. The second-order valence-corrected chi connectivity index (χ2v) is 6.66. The molecule has 0 N–H and O–H groups in total. The molecule has 6 heteroatoms. The highest BCUT2D eigenvalue weighted by molar-refractivity contribution is 7.89. The second-order valence-electron chi connectivity index (χ2n) is 4.62. The molecule has 0 radical (unpaired) electrons. The summed E-state index contributed by atoms with van der Waals surface area (Å²) in [6.45, 7) is 0.862. The highest BCUT2D eigenvalue weighted by Crippen LogP contribution is 2.34. The zero-order chi connectivity index (χ0) is 13.2. The van der Waals surface area contributed by atoms with E-state index in [4.69, 9.17) is 4.74 Å². The lowest BCUT2D eigenvalue weighted by Gasteiger charge is -2.24. The number of rotatable bonds is 5. The van der Waals surface area contributed by atoms with Crippen molar-refractivity contribution in [1.82, 2.24) is 8.87 Å². The van der Waals surface area contributed by atoms with Crippen LogP contribution in [0.25, 0.3) is 0 Å². The number of methoxy groups -OCH3 is 1. The van der Waals surface area contributed by atoms with E-state index in [1.54, 1.807) is 4.31 Å². The number of aryl methyl sites for hydroxylation is 1. The Morgan fingerprint density at radius 1 is 1.50 bits per heavy atom. The van der Waals surface area contributed by atoms with Crippen LogP contribution in [0.4, 0.5) is 0 Å². The summed E-state index contributed by atoms with van der Waals surface area (Å²) in [5.74, 6) is 0.0599. The van der Waals surface area contributed by atoms with Gasteiger partial charge >= 0.3 is 0 Å². The number of hydrogen-bond acceptors (Lipinski definition) is 3. The van der Waals surface area contributed by atoms with Crippen molar-refractivity contribution in [3.63, 3.8) is 0 Å². The van der Waals surface area contributed by atoms with E-state index in [1.165, 1.54) is 7.11 Å². The van der Waals surface area contributed by atoms with Crippen molar-refractivity contribution in [2.75, 3.05) is 26.0 Å². The molecule has 1 atom stereocenters. The molecule has 2 heterocycles. The molecule has 1 aromatic rings. The van der Waals surface area contributed by atoms with E-state index in [2.05, 4.69) is 0 Å². The van der Waals surface area contributed by atoms with Crippen LogP contribution in [0.3, 0.4) is 0 Å². The lowest BCUT2D eigenvalue weighted by Crippen LogP contribution is -2.34. The Bertz CT molecular complexity index is 495. The smallest absolute Gasteiger partial charge is 0.216 e. The molecule has 1 aliphatic rings. The summed E-state index contributed by atoms with van der Waals surface area (Å²) in [6, 6.07) is 3.93. The lowest BCUT2D eigenvalue weighted by molar-refractivity contribution is 0.215. The van der Waals surface area contributed by atoms with E-state index in [9.17, 15) is 8.42 Å². The monoisotopic (exact) mass is 272 g/mol. The normalized spacial score (nSPS) is 21.6. The first-order valence-electron chi connectivity index (χ1n) is 6.16. The SMILES string of the molecule is COCCS(=O)(=O)N1CCCC1c1cccn1C. The maximum atomic E-state index is 12.2. The average molecular weight is 272 g/mol. The second kappa shape index (κ2) is 5.42. The van der Waals surface area contributed by atoms with Gasteiger partial charge in [-0.1, -0.05) is 0 Å². The Morgan fingerprint density at radius 3 is 2.89 bits per heavy atom. The molecule has 0 aromatic carbocycles. The summed E-state index contributed by atoms with van der Waals surface area (Å²) in [5, 5.41) is 0. The third-order valence-electron chi connectivity index (χ3n) is 3.43. The highest BCUT2D eigenvalue weighted by Gasteiger charge is 2.35. The molecule has 0 bridgehead atoms. The van der Waals surface area contributed by atoms with Crippen molar-refractivity contribution in [3.8, 4) is 0 Å². The molecule has 18 heavy (non-hydrogen) atoms. The molecule has 0 spiro atoms. The van der Waals surface area contributed by atoms with Crippen molar-refractivity contribution in [2.45, 2.75) is 18.9 Å². The predicted octanol–water partition coefficient (Wildman–Crippen LogP) is 1.14. The first kappa shape index (κ1) is 13.6. The van der Waals surface area contributed by atoms with E-state index >= 15 is 0 Å². The molecular weight excluding hydrogens is 252 g/mol. The maximum absolute atomic E-state index is 12.2. The minimum atomic E-state index is -3.22. The van der Waals surface area contributed by atoms with Gasteiger partial charge in [-0.15, -0.1) is 0 Å². The van der Waals surface area contributed by atoms with Gasteiger partial charge in [-0.05, 0) is 25.0 Å². The Morgan fingerprint density at radius 2 is 2.28 bits per heavy atom. The Kier molecular flexibility index (Phi) is 4.09. The predicted molar refractivity (Wildman–Crippen MR) is 69.8 cm³/mol. The molecule has 1 saturated heterocycles. The number of ether oxygens (including phenoxy) is 1. The van der Waals surface area contributed by atoms with Crippen molar-refractivity contribution in [1.29, 1.82) is 0 Å². The fourth-order valence-corrected chi connectivity index (χ4v) is 4.12. The van der Waals surface area contributed by atoms with Gasteiger partial charge in [0.25, 0.3) is 0 Å². The third-order valence-corrected chi connectivity index (χ3v) is 5.27. The summed E-state index contributed by atoms with van der Waals surface area (Å²) in [6.07, 6.45) is 3.76. The Hall–Kier alpha value is -0.850. The van der Waals surface area contributed by atoms with Crippen molar-refractivity contribution < 1.29 is 13.2 Å². The summed E-state index contributed by atoms with van der Waals surface area (Å²) >= 11 is 0. The summed E-state index contributed by atoms with van der Waals surface area (Å²) in [7, 11) is 0.255. The maximum Gasteiger partial charge on any atom is 0.216 e. The van der Waals surface area contributed by atoms with Gasteiger partial charge in [0, 0.05) is 32.6 Å². The average Bonchev–Trinajstić information content (AvgIpc) is 2.94. The van der Waals surface area contributed by atoms with Crippen LogP contribution in [0.5, 0.6) is 0 Å². The number of aromatic nitrogens is 1. The van der Waals surface area contributed by atoms with Gasteiger partial charge in [-0.3, -0.25) is 0 Å². The van der Waals surface area contributed by atoms with Crippen LogP contribution in [0.15, 0.2) is 18.3 Å².